The number of benzene rings is 2. The quantitative estimate of drug-likeness (QED) is 0.784. The van der Waals surface area contributed by atoms with Crippen LogP contribution in [-0.2, 0) is 0 Å². The predicted molar refractivity (Wildman–Crippen MR) is 92.4 cm³/mol. The first-order chi connectivity index (χ1) is 10.5. The SMILES string of the molecule is Cc1cc(NC(=O)NCOc2cccc(C)c2C)ccc1Br. The third-order valence-electron chi connectivity index (χ3n) is 3.43. The molecule has 22 heavy (non-hydrogen) atoms. The maximum Gasteiger partial charge on any atom is 0.321 e. The largest absolute Gasteiger partial charge is 0.473 e. The molecule has 2 amide bonds. The Kier molecular flexibility index (Phi) is 5.44. The molecule has 0 saturated carbocycles. The van der Waals surface area contributed by atoms with Crippen molar-refractivity contribution in [3.8, 4) is 5.75 Å². The van der Waals surface area contributed by atoms with Crippen molar-refractivity contribution >= 4 is 27.6 Å². The average Bonchev–Trinajstić information content (AvgIpc) is 2.47. The Hall–Kier alpha value is -2.01. The lowest BCUT2D eigenvalue weighted by atomic mass is 10.1. The Morgan fingerprint density at radius 3 is 2.64 bits per heavy atom. The Bertz CT molecular complexity index is 686. The first kappa shape index (κ1) is 16.4. The van der Waals surface area contributed by atoms with Crippen molar-refractivity contribution in [3.05, 3.63) is 57.6 Å². The van der Waals surface area contributed by atoms with E-state index in [1.807, 2.05) is 57.2 Å². The molecular weight excluding hydrogens is 344 g/mol. The topological polar surface area (TPSA) is 50.4 Å². The minimum atomic E-state index is -0.299. The molecular formula is C17H19BrN2O2. The van der Waals surface area contributed by atoms with Gasteiger partial charge < -0.3 is 15.4 Å². The van der Waals surface area contributed by atoms with Crippen molar-refractivity contribution in [2.45, 2.75) is 20.8 Å². The first-order valence-corrected chi connectivity index (χ1v) is 7.76. The van der Waals surface area contributed by atoms with E-state index in [1.165, 1.54) is 0 Å². The van der Waals surface area contributed by atoms with Gasteiger partial charge in [-0.25, -0.2) is 4.79 Å². The van der Waals surface area contributed by atoms with Gasteiger partial charge in [-0.05, 0) is 61.7 Å². The molecule has 0 aliphatic rings. The number of ether oxygens (including phenoxy) is 1. The standard InChI is InChI=1S/C17H19BrN2O2/c1-11-5-4-6-16(13(11)3)22-10-19-17(21)20-14-7-8-15(18)12(2)9-14/h4-9H,10H2,1-3H3,(H2,19,20,21). The van der Waals surface area contributed by atoms with Crippen molar-refractivity contribution in [2.24, 2.45) is 0 Å². The Balaban J connectivity index is 1.85. The molecule has 0 aromatic heterocycles. The summed E-state index contributed by atoms with van der Waals surface area (Å²) in [4.78, 5) is 11.8. The van der Waals surface area contributed by atoms with Crippen LogP contribution in [0.2, 0.25) is 0 Å². The summed E-state index contributed by atoms with van der Waals surface area (Å²) in [7, 11) is 0. The molecule has 0 radical (unpaired) electrons. The van der Waals surface area contributed by atoms with Gasteiger partial charge in [-0.3, -0.25) is 0 Å². The Morgan fingerprint density at radius 1 is 1.14 bits per heavy atom. The zero-order chi connectivity index (χ0) is 16.1. The molecule has 0 aliphatic heterocycles. The van der Waals surface area contributed by atoms with Crippen molar-refractivity contribution in [1.82, 2.24) is 5.32 Å². The molecule has 0 saturated heterocycles. The molecule has 0 atom stereocenters. The van der Waals surface area contributed by atoms with E-state index in [0.29, 0.717) is 0 Å². The minimum absolute atomic E-state index is 0.117. The predicted octanol–water partition coefficient (Wildman–Crippen LogP) is 4.53. The number of halogens is 1. The van der Waals surface area contributed by atoms with E-state index in [-0.39, 0.29) is 12.8 Å². The van der Waals surface area contributed by atoms with E-state index in [4.69, 9.17) is 4.74 Å². The van der Waals surface area contributed by atoms with Crippen molar-refractivity contribution < 1.29 is 9.53 Å². The van der Waals surface area contributed by atoms with Crippen LogP contribution in [0.5, 0.6) is 5.75 Å². The number of hydrogen-bond acceptors (Lipinski definition) is 2. The van der Waals surface area contributed by atoms with Gasteiger partial charge in [0.2, 0.25) is 0 Å². The van der Waals surface area contributed by atoms with Gasteiger partial charge in [-0.1, -0.05) is 28.1 Å². The fourth-order valence-electron chi connectivity index (χ4n) is 1.96. The number of urea groups is 1. The lowest BCUT2D eigenvalue weighted by Crippen LogP contribution is -2.32. The maximum atomic E-state index is 11.8. The number of hydrogen-bond donors (Lipinski definition) is 2. The lowest BCUT2D eigenvalue weighted by Gasteiger charge is -2.12. The Labute approximate surface area is 139 Å². The second kappa shape index (κ2) is 7.31. The summed E-state index contributed by atoms with van der Waals surface area (Å²) >= 11 is 3.43. The zero-order valence-electron chi connectivity index (χ0n) is 12.9. The molecule has 0 aliphatic carbocycles. The van der Waals surface area contributed by atoms with E-state index >= 15 is 0 Å². The smallest absolute Gasteiger partial charge is 0.321 e. The average molecular weight is 363 g/mol. The summed E-state index contributed by atoms with van der Waals surface area (Å²) in [6, 6.07) is 11.2. The number of carbonyl (C=O) groups is 1. The molecule has 4 nitrogen and oxygen atoms in total. The van der Waals surface area contributed by atoms with Crippen LogP contribution in [0.15, 0.2) is 40.9 Å². The van der Waals surface area contributed by atoms with Crippen LogP contribution < -0.4 is 15.4 Å². The van der Waals surface area contributed by atoms with E-state index < -0.39 is 0 Å². The number of nitrogens with one attached hydrogen (secondary N) is 2. The third kappa shape index (κ3) is 4.24. The van der Waals surface area contributed by atoms with Crippen molar-refractivity contribution in [3.63, 3.8) is 0 Å². The van der Waals surface area contributed by atoms with Crippen LogP contribution in [0.1, 0.15) is 16.7 Å². The van der Waals surface area contributed by atoms with Crippen LogP contribution >= 0.6 is 15.9 Å². The second-order valence-corrected chi connectivity index (χ2v) is 5.94. The van der Waals surface area contributed by atoms with E-state index in [1.54, 1.807) is 0 Å². The Morgan fingerprint density at radius 2 is 1.91 bits per heavy atom. The second-order valence-electron chi connectivity index (χ2n) is 5.08. The molecule has 2 aromatic rings. The monoisotopic (exact) mass is 362 g/mol. The summed E-state index contributed by atoms with van der Waals surface area (Å²) < 4.78 is 6.60. The summed E-state index contributed by atoms with van der Waals surface area (Å²) in [5.74, 6) is 0.778. The van der Waals surface area contributed by atoms with Crippen LogP contribution in [0.25, 0.3) is 0 Å². The van der Waals surface area contributed by atoms with Gasteiger partial charge in [0.15, 0.2) is 6.73 Å². The molecule has 0 unspecified atom stereocenters. The van der Waals surface area contributed by atoms with Gasteiger partial charge in [-0.15, -0.1) is 0 Å². The molecule has 0 fully saturated rings. The summed E-state index contributed by atoms with van der Waals surface area (Å²) in [5, 5.41) is 5.45. The molecule has 116 valence electrons. The lowest BCUT2D eigenvalue weighted by molar-refractivity contribution is 0.234. The molecule has 2 rings (SSSR count). The number of carbonyl (C=O) groups excluding carboxylic acids is 1. The van der Waals surface area contributed by atoms with Gasteiger partial charge in [0, 0.05) is 10.2 Å². The van der Waals surface area contributed by atoms with Crippen molar-refractivity contribution in [1.29, 1.82) is 0 Å². The molecule has 0 spiro atoms. The maximum absolute atomic E-state index is 11.8. The molecule has 0 heterocycles. The number of anilines is 1. The fraction of sp³-hybridized carbons (Fsp3) is 0.235. The minimum Gasteiger partial charge on any atom is -0.473 e. The molecule has 2 aromatic carbocycles. The normalized spacial score (nSPS) is 10.2. The zero-order valence-corrected chi connectivity index (χ0v) is 14.5. The highest BCUT2D eigenvalue weighted by atomic mass is 79.9. The van der Waals surface area contributed by atoms with E-state index in [2.05, 4.69) is 26.6 Å². The van der Waals surface area contributed by atoms with Crippen LogP contribution in [0.4, 0.5) is 10.5 Å². The van der Waals surface area contributed by atoms with Gasteiger partial charge in [0.1, 0.15) is 5.75 Å². The van der Waals surface area contributed by atoms with Crippen LogP contribution in [0.3, 0.4) is 0 Å². The summed E-state index contributed by atoms with van der Waals surface area (Å²) in [5.41, 5.74) is 4.04. The highest BCUT2D eigenvalue weighted by Gasteiger charge is 2.05. The van der Waals surface area contributed by atoms with Gasteiger partial charge in [0.25, 0.3) is 0 Å². The van der Waals surface area contributed by atoms with Gasteiger partial charge in [0.05, 0.1) is 0 Å². The molecule has 2 N–H and O–H groups in total. The van der Waals surface area contributed by atoms with Crippen LogP contribution in [0, 0.1) is 20.8 Å². The number of amides is 2. The molecule has 0 bridgehead atoms. The highest BCUT2D eigenvalue weighted by Crippen LogP contribution is 2.21. The summed E-state index contributed by atoms with van der Waals surface area (Å²) in [6.07, 6.45) is 0. The van der Waals surface area contributed by atoms with E-state index in [9.17, 15) is 4.79 Å². The fourth-order valence-corrected chi connectivity index (χ4v) is 2.20. The summed E-state index contributed by atoms with van der Waals surface area (Å²) in [6.45, 7) is 6.11. The van der Waals surface area contributed by atoms with Gasteiger partial charge in [-0.2, -0.15) is 0 Å². The first-order valence-electron chi connectivity index (χ1n) is 6.97. The number of rotatable bonds is 4. The number of aryl methyl sites for hydroxylation is 2. The van der Waals surface area contributed by atoms with E-state index in [0.717, 1.165) is 32.6 Å². The van der Waals surface area contributed by atoms with Gasteiger partial charge >= 0.3 is 6.03 Å². The highest BCUT2D eigenvalue weighted by molar-refractivity contribution is 9.10. The van der Waals surface area contributed by atoms with Crippen LogP contribution in [-0.4, -0.2) is 12.8 Å². The third-order valence-corrected chi connectivity index (χ3v) is 4.32. The molecule has 5 heteroatoms. The van der Waals surface area contributed by atoms with Crippen molar-refractivity contribution in [2.75, 3.05) is 12.0 Å².